The molecule has 1 saturated carbocycles. The minimum absolute atomic E-state index is 0.0572. The highest BCUT2D eigenvalue weighted by atomic mass is 16.2. The maximum Gasteiger partial charge on any atom is 0.255 e. The van der Waals surface area contributed by atoms with Crippen molar-refractivity contribution < 1.29 is 4.79 Å². The largest absolute Gasteiger partial charge is 0.352 e. The number of benzene rings is 1. The van der Waals surface area contributed by atoms with Crippen molar-refractivity contribution in [2.24, 2.45) is 11.3 Å². The van der Waals surface area contributed by atoms with Gasteiger partial charge >= 0.3 is 0 Å². The number of carbonyl (C=O) groups excluding carboxylic acids is 1. The van der Waals surface area contributed by atoms with E-state index in [4.69, 9.17) is 0 Å². The SMILES string of the molecule is O=C(NCc1c[nH]c(=O)c2ccccc12)C1CNCC12CCCCC2. The first-order chi connectivity index (χ1) is 12.2. The van der Waals surface area contributed by atoms with Gasteiger partial charge in [-0.05, 0) is 35.3 Å². The van der Waals surface area contributed by atoms with Crippen LogP contribution in [0.5, 0.6) is 0 Å². The summed E-state index contributed by atoms with van der Waals surface area (Å²) in [6.45, 7) is 2.19. The number of carbonyl (C=O) groups is 1. The Labute approximate surface area is 147 Å². The van der Waals surface area contributed by atoms with Gasteiger partial charge in [0, 0.05) is 31.2 Å². The molecule has 3 N–H and O–H groups in total. The molecular formula is C20H25N3O2. The highest BCUT2D eigenvalue weighted by molar-refractivity contribution is 5.85. The molecule has 1 saturated heterocycles. The van der Waals surface area contributed by atoms with Gasteiger partial charge in [0.2, 0.25) is 5.91 Å². The van der Waals surface area contributed by atoms with E-state index in [1.165, 1.54) is 19.3 Å². The van der Waals surface area contributed by atoms with Crippen LogP contribution in [0.25, 0.3) is 10.8 Å². The van der Waals surface area contributed by atoms with E-state index in [-0.39, 0.29) is 22.8 Å². The van der Waals surface area contributed by atoms with Crippen LogP contribution in [0.2, 0.25) is 0 Å². The van der Waals surface area contributed by atoms with Crippen molar-refractivity contribution in [3.63, 3.8) is 0 Å². The van der Waals surface area contributed by atoms with Gasteiger partial charge in [-0.25, -0.2) is 0 Å². The predicted molar refractivity (Wildman–Crippen MR) is 98.3 cm³/mol. The molecule has 0 bridgehead atoms. The van der Waals surface area contributed by atoms with Crippen LogP contribution in [0.4, 0.5) is 0 Å². The van der Waals surface area contributed by atoms with Crippen molar-refractivity contribution in [3.8, 4) is 0 Å². The smallest absolute Gasteiger partial charge is 0.255 e. The summed E-state index contributed by atoms with van der Waals surface area (Å²) in [6, 6.07) is 7.53. The standard InChI is InChI=1S/C20H25N3O2/c24-18-16-7-3-2-6-15(16)14(10-22-18)11-23-19(25)17-12-21-13-20(17)8-4-1-5-9-20/h2-3,6-7,10,17,21H,1,4-5,8-9,11-13H2,(H,22,24)(H,23,25). The van der Waals surface area contributed by atoms with Crippen LogP contribution < -0.4 is 16.2 Å². The van der Waals surface area contributed by atoms with Gasteiger partial charge in [0.25, 0.3) is 5.56 Å². The summed E-state index contributed by atoms with van der Waals surface area (Å²) in [4.78, 5) is 27.6. The highest BCUT2D eigenvalue weighted by Crippen LogP contribution is 2.44. The van der Waals surface area contributed by atoms with Gasteiger partial charge in [-0.2, -0.15) is 0 Å². The first kappa shape index (κ1) is 16.3. The third-order valence-electron chi connectivity index (χ3n) is 6.08. The number of hydrogen-bond acceptors (Lipinski definition) is 3. The summed E-state index contributed by atoms with van der Waals surface area (Å²) < 4.78 is 0. The number of nitrogens with one attached hydrogen (secondary N) is 3. The minimum atomic E-state index is -0.0909. The van der Waals surface area contributed by atoms with Crippen LogP contribution in [-0.2, 0) is 11.3 Å². The molecule has 1 aliphatic heterocycles. The zero-order valence-electron chi connectivity index (χ0n) is 14.4. The van der Waals surface area contributed by atoms with Gasteiger partial charge < -0.3 is 15.6 Å². The van der Waals surface area contributed by atoms with E-state index in [9.17, 15) is 9.59 Å². The monoisotopic (exact) mass is 339 g/mol. The average Bonchev–Trinajstić information content (AvgIpc) is 3.04. The van der Waals surface area contributed by atoms with E-state index >= 15 is 0 Å². The van der Waals surface area contributed by atoms with Crippen molar-refractivity contribution in [1.29, 1.82) is 0 Å². The summed E-state index contributed by atoms with van der Waals surface area (Å²) in [5.41, 5.74) is 1.01. The molecule has 1 unspecified atom stereocenters. The Morgan fingerprint density at radius 2 is 1.92 bits per heavy atom. The van der Waals surface area contributed by atoms with Gasteiger partial charge in [-0.15, -0.1) is 0 Å². The molecule has 1 amide bonds. The molecule has 2 aromatic rings. The van der Waals surface area contributed by atoms with E-state index in [0.29, 0.717) is 11.9 Å². The van der Waals surface area contributed by atoms with Crippen molar-refractivity contribution in [2.75, 3.05) is 13.1 Å². The summed E-state index contributed by atoms with van der Waals surface area (Å²) in [5.74, 6) is 0.198. The number of pyridine rings is 1. The zero-order valence-corrected chi connectivity index (χ0v) is 14.4. The van der Waals surface area contributed by atoms with Gasteiger partial charge in [0.1, 0.15) is 0 Å². The lowest BCUT2D eigenvalue weighted by molar-refractivity contribution is -0.128. The maximum atomic E-state index is 12.9. The predicted octanol–water partition coefficient (Wildman–Crippen LogP) is 2.31. The number of amides is 1. The molecule has 2 heterocycles. The Morgan fingerprint density at radius 1 is 1.16 bits per heavy atom. The summed E-state index contributed by atoms with van der Waals surface area (Å²) in [5, 5.41) is 8.14. The zero-order chi connectivity index (χ0) is 17.3. The van der Waals surface area contributed by atoms with Crippen molar-refractivity contribution >= 4 is 16.7 Å². The molecule has 2 aliphatic rings. The van der Waals surface area contributed by atoms with Crippen LogP contribution in [0, 0.1) is 11.3 Å². The number of aromatic amines is 1. The van der Waals surface area contributed by atoms with Crippen LogP contribution in [-0.4, -0.2) is 24.0 Å². The Kier molecular flexibility index (Phi) is 4.34. The van der Waals surface area contributed by atoms with Gasteiger partial charge in [0.05, 0.1) is 5.92 Å². The van der Waals surface area contributed by atoms with Gasteiger partial charge in [-0.3, -0.25) is 9.59 Å². The van der Waals surface area contributed by atoms with E-state index in [0.717, 1.165) is 36.9 Å². The molecule has 1 atom stereocenters. The van der Waals surface area contributed by atoms with Crippen molar-refractivity contribution in [3.05, 3.63) is 46.4 Å². The van der Waals surface area contributed by atoms with E-state index in [2.05, 4.69) is 15.6 Å². The summed E-state index contributed by atoms with van der Waals surface area (Å²) >= 11 is 0. The number of aromatic nitrogens is 1. The lowest BCUT2D eigenvalue weighted by Gasteiger charge is -2.37. The summed E-state index contributed by atoms with van der Waals surface area (Å²) in [6.07, 6.45) is 7.78. The molecular weight excluding hydrogens is 314 g/mol. The number of fused-ring (bicyclic) bond motifs is 1. The first-order valence-electron chi connectivity index (χ1n) is 9.27. The lowest BCUT2D eigenvalue weighted by Crippen LogP contribution is -2.42. The highest BCUT2D eigenvalue weighted by Gasteiger charge is 2.46. The third-order valence-corrected chi connectivity index (χ3v) is 6.08. The van der Waals surface area contributed by atoms with Crippen LogP contribution in [0.1, 0.15) is 37.7 Å². The number of hydrogen-bond donors (Lipinski definition) is 3. The third kappa shape index (κ3) is 2.97. The second-order valence-corrected chi connectivity index (χ2v) is 7.51. The van der Waals surface area contributed by atoms with Gasteiger partial charge in [0.15, 0.2) is 0 Å². The quantitative estimate of drug-likeness (QED) is 0.803. The fraction of sp³-hybridized carbons (Fsp3) is 0.500. The van der Waals surface area contributed by atoms with E-state index in [1.54, 1.807) is 6.20 Å². The molecule has 5 nitrogen and oxygen atoms in total. The van der Waals surface area contributed by atoms with Crippen LogP contribution in [0.3, 0.4) is 0 Å². The Hall–Kier alpha value is -2.14. The normalized spacial score (nSPS) is 22.3. The van der Waals surface area contributed by atoms with Crippen LogP contribution >= 0.6 is 0 Å². The lowest BCUT2D eigenvalue weighted by atomic mass is 9.67. The number of H-pyrrole nitrogens is 1. The molecule has 0 radical (unpaired) electrons. The fourth-order valence-electron chi connectivity index (χ4n) is 4.68. The van der Waals surface area contributed by atoms with Crippen molar-refractivity contribution in [1.82, 2.24) is 15.6 Å². The molecule has 132 valence electrons. The summed E-state index contributed by atoms with van der Waals surface area (Å²) in [7, 11) is 0. The topological polar surface area (TPSA) is 74.0 Å². The second kappa shape index (κ2) is 6.64. The molecule has 1 aliphatic carbocycles. The van der Waals surface area contributed by atoms with Crippen LogP contribution in [0.15, 0.2) is 35.3 Å². The molecule has 1 aromatic carbocycles. The Bertz CT molecular complexity index is 836. The molecule has 4 rings (SSSR count). The number of rotatable bonds is 3. The van der Waals surface area contributed by atoms with E-state index in [1.807, 2.05) is 24.3 Å². The van der Waals surface area contributed by atoms with Crippen molar-refractivity contribution in [2.45, 2.75) is 38.6 Å². The molecule has 5 heteroatoms. The fourth-order valence-corrected chi connectivity index (χ4v) is 4.68. The second-order valence-electron chi connectivity index (χ2n) is 7.51. The Morgan fingerprint density at radius 3 is 2.72 bits per heavy atom. The molecule has 25 heavy (non-hydrogen) atoms. The first-order valence-corrected chi connectivity index (χ1v) is 9.27. The average molecular weight is 339 g/mol. The maximum absolute atomic E-state index is 12.9. The molecule has 1 spiro atoms. The van der Waals surface area contributed by atoms with Gasteiger partial charge in [-0.1, -0.05) is 37.5 Å². The molecule has 1 aromatic heterocycles. The Balaban J connectivity index is 1.51. The molecule has 2 fully saturated rings. The minimum Gasteiger partial charge on any atom is -0.352 e. The van der Waals surface area contributed by atoms with E-state index < -0.39 is 0 Å².